The number of carbonyl (C=O) groups is 1. The Hall–Kier alpha value is -1.55. The van der Waals surface area contributed by atoms with E-state index in [1.54, 1.807) is 0 Å². The molecule has 0 unspecified atom stereocenters. The number of ether oxygens (including phenoxy) is 1. The number of hydrogen-bond acceptors (Lipinski definition) is 3. The van der Waals surface area contributed by atoms with Crippen LogP contribution in [0.2, 0.25) is 0 Å². The molecule has 16 heavy (non-hydrogen) atoms. The smallest absolute Gasteiger partial charge is 0.262 e. The summed E-state index contributed by atoms with van der Waals surface area (Å²) >= 11 is 0. The van der Waals surface area contributed by atoms with Gasteiger partial charge < -0.3 is 15.8 Å². The van der Waals surface area contributed by atoms with Crippen molar-refractivity contribution in [1.29, 1.82) is 0 Å². The molecule has 1 aromatic rings. The molecule has 0 atom stereocenters. The number of carbonyl (C=O) groups excluding carboxylic acids is 1. The summed E-state index contributed by atoms with van der Waals surface area (Å²) in [6, 6.07) is 5.86. The van der Waals surface area contributed by atoms with Crippen LogP contribution in [0.3, 0.4) is 0 Å². The molecule has 0 radical (unpaired) electrons. The number of anilines is 1. The molecule has 0 bridgehead atoms. The molecule has 1 heterocycles. The molecule has 2 aliphatic rings. The number of rotatable bonds is 2. The zero-order valence-corrected chi connectivity index (χ0v) is 8.95. The third kappa shape index (κ3) is 1.76. The molecule has 1 amide bonds. The monoisotopic (exact) mass is 218 g/mol. The normalized spacial score (nSPS) is 20.7. The molecule has 0 saturated heterocycles. The van der Waals surface area contributed by atoms with E-state index < -0.39 is 0 Å². The molecule has 1 saturated carbocycles. The third-order valence-electron chi connectivity index (χ3n) is 3.13. The first-order chi connectivity index (χ1) is 7.65. The van der Waals surface area contributed by atoms with Crippen LogP contribution in [0.4, 0.5) is 5.69 Å². The highest BCUT2D eigenvalue weighted by Crippen LogP contribution is 2.37. The molecule has 0 aromatic heterocycles. The average molecular weight is 218 g/mol. The van der Waals surface area contributed by atoms with Gasteiger partial charge in [0, 0.05) is 5.54 Å². The molecule has 4 heteroatoms. The van der Waals surface area contributed by atoms with Crippen LogP contribution in [0, 0.1) is 0 Å². The van der Waals surface area contributed by atoms with Gasteiger partial charge in [-0.05, 0) is 37.0 Å². The maximum Gasteiger partial charge on any atom is 0.262 e. The molecular weight excluding hydrogens is 204 g/mol. The van der Waals surface area contributed by atoms with E-state index in [9.17, 15) is 4.79 Å². The lowest BCUT2D eigenvalue weighted by Gasteiger charge is -2.19. The van der Waals surface area contributed by atoms with Gasteiger partial charge in [-0.1, -0.05) is 6.07 Å². The first-order valence-electron chi connectivity index (χ1n) is 5.49. The van der Waals surface area contributed by atoms with E-state index in [2.05, 4.69) is 5.32 Å². The minimum atomic E-state index is -0.0993. The van der Waals surface area contributed by atoms with Crippen LogP contribution in [0.1, 0.15) is 18.4 Å². The summed E-state index contributed by atoms with van der Waals surface area (Å²) in [5, 5.41) is 2.77. The molecule has 3 N–H and O–H groups in total. The van der Waals surface area contributed by atoms with Gasteiger partial charge in [0.2, 0.25) is 0 Å². The van der Waals surface area contributed by atoms with Gasteiger partial charge in [-0.15, -0.1) is 0 Å². The second kappa shape index (κ2) is 3.22. The highest BCUT2D eigenvalue weighted by molar-refractivity contribution is 5.95. The van der Waals surface area contributed by atoms with Crippen molar-refractivity contribution in [3.05, 3.63) is 23.8 Å². The summed E-state index contributed by atoms with van der Waals surface area (Å²) in [6.45, 7) is 0.101. The Labute approximate surface area is 93.8 Å². The molecule has 1 aromatic carbocycles. The number of fused-ring (bicyclic) bond motifs is 1. The van der Waals surface area contributed by atoms with E-state index in [1.807, 2.05) is 18.2 Å². The summed E-state index contributed by atoms with van der Waals surface area (Å²) < 4.78 is 5.36. The predicted octanol–water partition coefficient (Wildman–Crippen LogP) is 1.05. The number of hydrogen-bond donors (Lipinski definition) is 2. The van der Waals surface area contributed by atoms with Crippen LogP contribution in [-0.2, 0) is 11.2 Å². The fourth-order valence-electron chi connectivity index (χ4n) is 1.97. The second-order valence-corrected chi connectivity index (χ2v) is 4.71. The topological polar surface area (TPSA) is 64.3 Å². The van der Waals surface area contributed by atoms with Crippen molar-refractivity contribution in [3.63, 3.8) is 0 Å². The quantitative estimate of drug-likeness (QED) is 0.779. The highest BCUT2D eigenvalue weighted by atomic mass is 16.5. The van der Waals surface area contributed by atoms with Gasteiger partial charge in [0.05, 0.1) is 5.69 Å². The molecular formula is C12H14N2O2. The Morgan fingerprint density at radius 3 is 3.00 bits per heavy atom. The number of nitrogens with two attached hydrogens (primary N) is 1. The molecule has 84 valence electrons. The Morgan fingerprint density at radius 2 is 2.25 bits per heavy atom. The largest absolute Gasteiger partial charge is 0.482 e. The van der Waals surface area contributed by atoms with Gasteiger partial charge >= 0.3 is 0 Å². The van der Waals surface area contributed by atoms with E-state index in [0.29, 0.717) is 0 Å². The van der Waals surface area contributed by atoms with Crippen LogP contribution in [0.15, 0.2) is 18.2 Å². The van der Waals surface area contributed by atoms with Gasteiger partial charge in [-0.25, -0.2) is 0 Å². The van der Waals surface area contributed by atoms with E-state index >= 15 is 0 Å². The maximum absolute atomic E-state index is 11.1. The van der Waals surface area contributed by atoms with E-state index in [4.69, 9.17) is 10.5 Å². The second-order valence-electron chi connectivity index (χ2n) is 4.71. The fraction of sp³-hybridized carbons (Fsp3) is 0.417. The van der Waals surface area contributed by atoms with Crippen LogP contribution in [0.25, 0.3) is 0 Å². The Kier molecular flexibility index (Phi) is 1.94. The Balaban J connectivity index is 1.84. The lowest BCUT2D eigenvalue weighted by Crippen LogP contribution is -2.26. The zero-order chi connectivity index (χ0) is 11.2. The van der Waals surface area contributed by atoms with E-state index in [1.165, 1.54) is 5.56 Å². The molecule has 1 fully saturated rings. The Morgan fingerprint density at radius 1 is 1.44 bits per heavy atom. The van der Waals surface area contributed by atoms with Gasteiger partial charge in [0.25, 0.3) is 5.91 Å². The first kappa shape index (κ1) is 9.66. The highest BCUT2D eigenvalue weighted by Gasteiger charge is 2.38. The van der Waals surface area contributed by atoms with Gasteiger partial charge in [-0.2, -0.15) is 0 Å². The molecule has 4 nitrogen and oxygen atoms in total. The van der Waals surface area contributed by atoms with Crippen molar-refractivity contribution in [1.82, 2.24) is 0 Å². The van der Waals surface area contributed by atoms with Crippen molar-refractivity contribution in [2.75, 3.05) is 11.9 Å². The van der Waals surface area contributed by atoms with Crippen LogP contribution in [-0.4, -0.2) is 18.1 Å². The van der Waals surface area contributed by atoms with Gasteiger partial charge in [-0.3, -0.25) is 4.79 Å². The summed E-state index contributed by atoms with van der Waals surface area (Å²) in [7, 11) is 0. The minimum absolute atomic E-state index is 0.00610. The van der Waals surface area contributed by atoms with Crippen LogP contribution >= 0.6 is 0 Å². The van der Waals surface area contributed by atoms with E-state index in [0.717, 1.165) is 30.7 Å². The molecule has 1 aliphatic heterocycles. The van der Waals surface area contributed by atoms with Crippen molar-refractivity contribution in [2.24, 2.45) is 5.73 Å². The van der Waals surface area contributed by atoms with Crippen LogP contribution in [0.5, 0.6) is 5.75 Å². The lowest BCUT2D eigenvalue weighted by atomic mass is 10.0. The molecule has 0 spiro atoms. The number of amides is 1. The maximum atomic E-state index is 11.1. The SMILES string of the molecule is NC1(Cc2ccc3c(c2)OCC(=O)N3)CC1. The van der Waals surface area contributed by atoms with Crippen molar-refractivity contribution in [3.8, 4) is 5.75 Å². The first-order valence-corrected chi connectivity index (χ1v) is 5.49. The number of benzene rings is 1. The number of nitrogens with one attached hydrogen (secondary N) is 1. The minimum Gasteiger partial charge on any atom is -0.482 e. The standard InChI is InChI=1S/C12H14N2O2/c13-12(3-4-12)6-8-1-2-9-10(5-8)16-7-11(15)14-9/h1-2,5H,3-4,6-7,13H2,(H,14,15). The Bertz CT molecular complexity index is 452. The van der Waals surface area contributed by atoms with Crippen molar-refractivity contribution < 1.29 is 9.53 Å². The van der Waals surface area contributed by atoms with E-state index in [-0.39, 0.29) is 18.1 Å². The summed E-state index contributed by atoms with van der Waals surface area (Å²) in [5.41, 5.74) is 8.00. The summed E-state index contributed by atoms with van der Waals surface area (Å²) in [4.78, 5) is 11.1. The van der Waals surface area contributed by atoms with Crippen molar-refractivity contribution >= 4 is 11.6 Å². The summed E-state index contributed by atoms with van der Waals surface area (Å²) in [5.74, 6) is 0.652. The lowest BCUT2D eigenvalue weighted by molar-refractivity contribution is -0.118. The zero-order valence-electron chi connectivity index (χ0n) is 8.95. The fourth-order valence-corrected chi connectivity index (χ4v) is 1.97. The molecule has 1 aliphatic carbocycles. The average Bonchev–Trinajstić information content (AvgIpc) is 2.96. The van der Waals surface area contributed by atoms with Crippen molar-refractivity contribution in [2.45, 2.75) is 24.8 Å². The van der Waals surface area contributed by atoms with Crippen LogP contribution < -0.4 is 15.8 Å². The predicted molar refractivity (Wildman–Crippen MR) is 60.4 cm³/mol. The summed E-state index contributed by atoms with van der Waals surface area (Å²) in [6.07, 6.45) is 3.08. The third-order valence-corrected chi connectivity index (χ3v) is 3.13. The van der Waals surface area contributed by atoms with Gasteiger partial charge in [0.1, 0.15) is 5.75 Å². The molecule has 3 rings (SSSR count). The van der Waals surface area contributed by atoms with Gasteiger partial charge in [0.15, 0.2) is 6.61 Å².